The van der Waals surface area contributed by atoms with Crippen molar-refractivity contribution in [1.82, 2.24) is 0 Å². The summed E-state index contributed by atoms with van der Waals surface area (Å²) in [5.74, 6) is 0. The molecule has 90 valence electrons. The molecule has 4 nitrogen and oxygen atoms in total. The van der Waals surface area contributed by atoms with Crippen molar-refractivity contribution >= 4 is 34.4 Å². The summed E-state index contributed by atoms with van der Waals surface area (Å²) in [6.45, 7) is 0. The highest BCUT2D eigenvalue weighted by Crippen LogP contribution is 2.17. The minimum absolute atomic E-state index is 0.576. The van der Waals surface area contributed by atoms with E-state index in [2.05, 4.69) is 0 Å². The first-order valence-electron chi connectivity index (χ1n) is 4.90. The van der Waals surface area contributed by atoms with Crippen LogP contribution in [0.3, 0.4) is 0 Å². The van der Waals surface area contributed by atoms with E-state index in [9.17, 15) is 0 Å². The van der Waals surface area contributed by atoms with Gasteiger partial charge in [0, 0.05) is 27.8 Å². The molecular weight excluding hydrogens is 236 g/mol. The molecule has 0 radical (unpaired) electrons. The zero-order chi connectivity index (χ0) is 12.8. The second-order valence-electron chi connectivity index (χ2n) is 3.49. The van der Waals surface area contributed by atoms with Crippen molar-refractivity contribution in [3.63, 3.8) is 0 Å². The molecule has 0 fully saturated rings. The van der Waals surface area contributed by atoms with Crippen molar-refractivity contribution in [2.75, 3.05) is 22.9 Å². The summed E-state index contributed by atoms with van der Waals surface area (Å²) < 4.78 is 0. The predicted octanol–water partition coefficient (Wildman–Crippen LogP) is 2.36. The highest BCUT2D eigenvalue weighted by Gasteiger charge is 1.90. The van der Waals surface area contributed by atoms with Gasteiger partial charge in [-0.2, -0.15) is 0 Å². The molecule has 0 heterocycles. The van der Waals surface area contributed by atoms with Gasteiger partial charge in [0.25, 0.3) is 0 Å². The fourth-order valence-electron chi connectivity index (χ4n) is 1.19. The lowest BCUT2D eigenvalue weighted by Gasteiger charge is -1.95. The number of hydrogen-bond donors (Lipinski definition) is 4. The van der Waals surface area contributed by atoms with Crippen LogP contribution in [0.4, 0.5) is 22.7 Å². The SMILES string of the molecule is Nc1cc(N)cc(Cl)c1.Nc1cccc(N)c1. The maximum Gasteiger partial charge on any atom is 0.0446 e. The fourth-order valence-corrected chi connectivity index (χ4v) is 1.45. The first-order chi connectivity index (χ1) is 7.97. The third kappa shape index (κ3) is 4.99. The van der Waals surface area contributed by atoms with Crippen molar-refractivity contribution < 1.29 is 0 Å². The highest BCUT2D eigenvalue weighted by molar-refractivity contribution is 6.31. The van der Waals surface area contributed by atoms with Crippen molar-refractivity contribution in [3.8, 4) is 0 Å². The van der Waals surface area contributed by atoms with Crippen LogP contribution in [0.2, 0.25) is 5.02 Å². The number of nitrogen functional groups attached to an aromatic ring is 4. The standard InChI is InChI=1S/C6H7ClN2.C6H8N2/c7-4-1-5(8)3-6(9)2-4;7-5-2-1-3-6(8)4-5/h1-3H,8-9H2;1-4H,7-8H2. The summed E-state index contributed by atoms with van der Waals surface area (Å²) in [6, 6.07) is 12.1. The van der Waals surface area contributed by atoms with E-state index in [-0.39, 0.29) is 0 Å². The maximum absolute atomic E-state index is 5.59. The van der Waals surface area contributed by atoms with Crippen molar-refractivity contribution in [1.29, 1.82) is 0 Å². The van der Waals surface area contributed by atoms with Crippen LogP contribution in [0, 0.1) is 0 Å². The largest absolute Gasteiger partial charge is 0.399 e. The van der Waals surface area contributed by atoms with Gasteiger partial charge >= 0.3 is 0 Å². The molecule has 0 aliphatic carbocycles. The quantitative estimate of drug-likeness (QED) is 0.539. The Hall–Kier alpha value is -2.07. The topological polar surface area (TPSA) is 104 Å². The third-order valence-corrected chi connectivity index (χ3v) is 2.07. The van der Waals surface area contributed by atoms with Gasteiger partial charge in [0.05, 0.1) is 0 Å². The van der Waals surface area contributed by atoms with Gasteiger partial charge in [0.15, 0.2) is 0 Å². The molecule has 0 saturated heterocycles. The molecule has 0 atom stereocenters. The van der Waals surface area contributed by atoms with Gasteiger partial charge < -0.3 is 22.9 Å². The minimum atomic E-state index is 0.576. The molecule has 8 N–H and O–H groups in total. The number of nitrogens with two attached hydrogens (primary N) is 4. The molecule has 0 aliphatic rings. The zero-order valence-electron chi connectivity index (χ0n) is 9.23. The van der Waals surface area contributed by atoms with E-state index in [1.54, 1.807) is 36.4 Å². The first-order valence-corrected chi connectivity index (χ1v) is 5.28. The predicted molar refractivity (Wildman–Crippen MR) is 75.5 cm³/mol. The van der Waals surface area contributed by atoms with Crippen LogP contribution in [0.15, 0.2) is 42.5 Å². The fraction of sp³-hybridized carbons (Fsp3) is 0. The Morgan fingerprint density at radius 3 is 1.35 bits per heavy atom. The minimum Gasteiger partial charge on any atom is -0.399 e. The van der Waals surface area contributed by atoms with Crippen LogP contribution >= 0.6 is 11.6 Å². The van der Waals surface area contributed by atoms with E-state index in [4.69, 9.17) is 34.5 Å². The molecule has 0 aromatic heterocycles. The summed E-state index contributed by atoms with van der Waals surface area (Å²) in [7, 11) is 0. The summed E-state index contributed by atoms with van der Waals surface area (Å²) >= 11 is 5.59. The lowest BCUT2D eigenvalue weighted by atomic mass is 10.3. The van der Waals surface area contributed by atoms with Gasteiger partial charge in [0.1, 0.15) is 0 Å². The number of rotatable bonds is 0. The van der Waals surface area contributed by atoms with Gasteiger partial charge in [0.2, 0.25) is 0 Å². The van der Waals surface area contributed by atoms with Crippen LogP contribution in [-0.4, -0.2) is 0 Å². The second kappa shape index (κ2) is 5.86. The molecule has 0 aliphatic heterocycles. The molecule has 5 heteroatoms. The first kappa shape index (κ1) is 13.0. The van der Waals surface area contributed by atoms with Crippen LogP contribution in [0.5, 0.6) is 0 Å². The van der Waals surface area contributed by atoms with Gasteiger partial charge in [-0.05, 0) is 36.4 Å². The Morgan fingerprint density at radius 2 is 1.06 bits per heavy atom. The van der Waals surface area contributed by atoms with Gasteiger partial charge in [-0.15, -0.1) is 0 Å². The van der Waals surface area contributed by atoms with Crippen LogP contribution < -0.4 is 22.9 Å². The third-order valence-electron chi connectivity index (χ3n) is 1.85. The van der Waals surface area contributed by atoms with E-state index in [1.165, 1.54) is 0 Å². The van der Waals surface area contributed by atoms with Gasteiger partial charge in [-0.3, -0.25) is 0 Å². The Kier molecular flexibility index (Phi) is 4.48. The average Bonchev–Trinajstić information content (AvgIpc) is 2.15. The van der Waals surface area contributed by atoms with Crippen LogP contribution in [0.25, 0.3) is 0 Å². The Labute approximate surface area is 105 Å². The molecule has 2 aromatic carbocycles. The summed E-state index contributed by atoms with van der Waals surface area (Å²) in [5.41, 5.74) is 24.2. The van der Waals surface area contributed by atoms with Crippen LogP contribution in [0.1, 0.15) is 0 Å². The van der Waals surface area contributed by atoms with E-state index in [0.29, 0.717) is 27.8 Å². The zero-order valence-corrected chi connectivity index (χ0v) is 9.98. The molecule has 2 rings (SSSR count). The summed E-state index contributed by atoms with van der Waals surface area (Å²) in [4.78, 5) is 0. The molecule has 0 saturated carbocycles. The van der Waals surface area contributed by atoms with Crippen molar-refractivity contribution in [3.05, 3.63) is 47.5 Å². The second-order valence-corrected chi connectivity index (χ2v) is 3.92. The Bertz CT molecular complexity index is 432. The smallest absolute Gasteiger partial charge is 0.0446 e. The normalized spacial score (nSPS) is 9.24. The molecule has 2 aromatic rings. The maximum atomic E-state index is 5.59. The molecule has 0 spiro atoms. The number of hydrogen-bond acceptors (Lipinski definition) is 4. The number of anilines is 4. The molecule has 0 unspecified atom stereocenters. The van der Waals surface area contributed by atoms with E-state index in [1.807, 2.05) is 6.07 Å². The summed E-state index contributed by atoms with van der Waals surface area (Å²) in [5, 5.41) is 0.576. The van der Waals surface area contributed by atoms with Gasteiger partial charge in [-0.1, -0.05) is 17.7 Å². The van der Waals surface area contributed by atoms with Crippen molar-refractivity contribution in [2.24, 2.45) is 0 Å². The Balaban J connectivity index is 0.000000171. The number of benzene rings is 2. The molecular formula is C12H15ClN4. The summed E-state index contributed by atoms with van der Waals surface area (Å²) in [6.07, 6.45) is 0. The average molecular weight is 251 g/mol. The molecule has 17 heavy (non-hydrogen) atoms. The highest BCUT2D eigenvalue weighted by atomic mass is 35.5. The van der Waals surface area contributed by atoms with E-state index < -0.39 is 0 Å². The lowest BCUT2D eigenvalue weighted by molar-refractivity contribution is 1.66. The lowest BCUT2D eigenvalue weighted by Crippen LogP contribution is -1.88. The Morgan fingerprint density at radius 1 is 0.647 bits per heavy atom. The monoisotopic (exact) mass is 250 g/mol. The van der Waals surface area contributed by atoms with E-state index in [0.717, 1.165) is 0 Å². The molecule has 0 bridgehead atoms. The molecule has 0 amide bonds. The van der Waals surface area contributed by atoms with Gasteiger partial charge in [-0.25, -0.2) is 0 Å². The van der Waals surface area contributed by atoms with Crippen LogP contribution in [-0.2, 0) is 0 Å². The van der Waals surface area contributed by atoms with E-state index >= 15 is 0 Å². The number of halogens is 1. The van der Waals surface area contributed by atoms with Crippen molar-refractivity contribution in [2.45, 2.75) is 0 Å².